The lowest BCUT2D eigenvalue weighted by molar-refractivity contribution is -0.159. The lowest BCUT2D eigenvalue weighted by Crippen LogP contribution is -2.27. The number of alkyl halides is 1. The third kappa shape index (κ3) is 3.75. The van der Waals surface area contributed by atoms with Crippen LogP contribution in [0.25, 0.3) is 0 Å². The molecule has 1 aliphatic carbocycles. The highest BCUT2D eigenvalue weighted by atomic mass is 127. The molecule has 0 aliphatic heterocycles. The Bertz CT molecular complexity index is 208. The first-order chi connectivity index (χ1) is 6.42. The standard InChI is InChI=1S/C11H19IO2/c1-11(2,3)14-10(13)9-5-4-8(6-9)7-12/h8-9H,4-7H2,1-3H3/t8-,9-/m0/s1. The number of rotatable bonds is 2. The third-order valence-corrected chi connectivity index (χ3v) is 3.75. The zero-order valence-corrected chi connectivity index (χ0v) is 11.3. The summed E-state index contributed by atoms with van der Waals surface area (Å²) in [6, 6.07) is 0. The molecule has 0 aromatic carbocycles. The van der Waals surface area contributed by atoms with Gasteiger partial charge < -0.3 is 4.74 Å². The summed E-state index contributed by atoms with van der Waals surface area (Å²) in [5.41, 5.74) is -0.334. The zero-order chi connectivity index (χ0) is 10.8. The molecule has 1 aliphatic rings. The van der Waals surface area contributed by atoms with E-state index < -0.39 is 0 Å². The lowest BCUT2D eigenvalue weighted by Gasteiger charge is -2.22. The van der Waals surface area contributed by atoms with Crippen LogP contribution in [0.3, 0.4) is 0 Å². The molecular weight excluding hydrogens is 291 g/mol. The Morgan fingerprint density at radius 3 is 2.50 bits per heavy atom. The Morgan fingerprint density at radius 2 is 2.07 bits per heavy atom. The molecule has 0 aromatic heterocycles. The first-order valence-electron chi connectivity index (χ1n) is 5.21. The number of ether oxygens (including phenoxy) is 1. The fraction of sp³-hybridized carbons (Fsp3) is 0.909. The molecule has 0 radical (unpaired) electrons. The smallest absolute Gasteiger partial charge is 0.309 e. The quantitative estimate of drug-likeness (QED) is 0.445. The van der Waals surface area contributed by atoms with Crippen molar-refractivity contribution in [1.29, 1.82) is 0 Å². The molecule has 0 aromatic rings. The maximum absolute atomic E-state index is 11.7. The van der Waals surface area contributed by atoms with Gasteiger partial charge in [-0.3, -0.25) is 4.79 Å². The predicted octanol–water partition coefficient (Wildman–Crippen LogP) is 3.18. The summed E-state index contributed by atoms with van der Waals surface area (Å²) in [7, 11) is 0. The van der Waals surface area contributed by atoms with Gasteiger partial charge in [0.1, 0.15) is 5.60 Å². The van der Waals surface area contributed by atoms with Gasteiger partial charge in [0.05, 0.1) is 5.92 Å². The number of carbonyl (C=O) groups excluding carboxylic acids is 1. The minimum atomic E-state index is -0.334. The van der Waals surface area contributed by atoms with Crippen molar-refractivity contribution in [1.82, 2.24) is 0 Å². The summed E-state index contributed by atoms with van der Waals surface area (Å²) in [6.07, 6.45) is 3.23. The van der Waals surface area contributed by atoms with E-state index in [0.29, 0.717) is 0 Å². The van der Waals surface area contributed by atoms with Crippen molar-refractivity contribution < 1.29 is 9.53 Å². The molecule has 1 saturated carbocycles. The molecule has 3 heteroatoms. The molecule has 0 N–H and O–H groups in total. The van der Waals surface area contributed by atoms with Gasteiger partial charge in [0.25, 0.3) is 0 Å². The fourth-order valence-electron chi connectivity index (χ4n) is 1.81. The zero-order valence-electron chi connectivity index (χ0n) is 9.18. The molecule has 1 fully saturated rings. The van der Waals surface area contributed by atoms with Gasteiger partial charge in [0, 0.05) is 4.43 Å². The van der Waals surface area contributed by atoms with Gasteiger partial charge in [-0.05, 0) is 46.0 Å². The first kappa shape index (κ1) is 12.3. The Labute approximate surface area is 99.9 Å². The van der Waals surface area contributed by atoms with E-state index in [9.17, 15) is 4.79 Å². The summed E-state index contributed by atoms with van der Waals surface area (Å²) < 4.78 is 6.54. The van der Waals surface area contributed by atoms with Crippen molar-refractivity contribution in [3.05, 3.63) is 0 Å². The van der Waals surface area contributed by atoms with E-state index in [1.54, 1.807) is 0 Å². The maximum Gasteiger partial charge on any atom is 0.309 e. The average molecular weight is 310 g/mol. The Balaban J connectivity index is 2.40. The Hall–Kier alpha value is 0.200. The number of esters is 1. The van der Waals surface area contributed by atoms with Crippen LogP contribution in [0.1, 0.15) is 40.0 Å². The first-order valence-corrected chi connectivity index (χ1v) is 6.74. The molecule has 82 valence electrons. The van der Waals surface area contributed by atoms with Gasteiger partial charge in [-0.15, -0.1) is 0 Å². The highest BCUT2D eigenvalue weighted by molar-refractivity contribution is 14.1. The third-order valence-electron chi connectivity index (χ3n) is 2.50. The monoisotopic (exact) mass is 310 g/mol. The van der Waals surface area contributed by atoms with Crippen LogP contribution in [0.2, 0.25) is 0 Å². The van der Waals surface area contributed by atoms with Crippen molar-refractivity contribution in [3.63, 3.8) is 0 Å². The highest BCUT2D eigenvalue weighted by Gasteiger charge is 2.32. The second kappa shape index (κ2) is 4.81. The van der Waals surface area contributed by atoms with E-state index in [0.717, 1.165) is 23.2 Å². The molecule has 0 amide bonds. The Kier molecular flexibility index (Phi) is 4.22. The van der Waals surface area contributed by atoms with Gasteiger partial charge >= 0.3 is 5.97 Å². The molecule has 0 unspecified atom stereocenters. The summed E-state index contributed by atoms with van der Waals surface area (Å²) >= 11 is 2.40. The fourth-order valence-corrected chi connectivity index (χ4v) is 2.61. The normalized spacial score (nSPS) is 27.7. The van der Waals surface area contributed by atoms with Gasteiger partial charge in [-0.1, -0.05) is 22.6 Å². The molecule has 0 heterocycles. The van der Waals surface area contributed by atoms with Crippen LogP contribution >= 0.6 is 22.6 Å². The number of carbonyl (C=O) groups is 1. The van der Waals surface area contributed by atoms with Crippen molar-refractivity contribution >= 4 is 28.6 Å². The highest BCUT2D eigenvalue weighted by Crippen LogP contribution is 2.33. The van der Waals surface area contributed by atoms with Gasteiger partial charge in [0.15, 0.2) is 0 Å². The van der Waals surface area contributed by atoms with E-state index in [-0.39, 0.29) is 17.5 Å². The van der Waals surface area contributed by atoms with E-state index in [1.165, 1.54) is 6.42 Å². The topological polar surface area (TPSA) is 26.3 Å². The Morgan fingerprint density at radius 1 is 1.43 bits per heavy atom. The number of hydrogen-bond acceptors (Lipinski definition) is 2. The molecule has 14 heavy (non-hydrogen) atoms. The van der Waals surface area contributed by atoms with Gasteiger partial charge in [0.2, 0.25) is 0 Å². The average Bonchev–Trinajstić information content (AvgIpc) is 2.48. The van der Waals surface area contributed by atoms with Crippen LogP contribution < -0.4 is 0 Å². The second-order valence-electron chi connectivity index (χ2n) is 5.06. The van der Waals surface area contributed by atoms with E-state index >= 15 is 0 Å². The van der Waals surface area contributed by atoms with Crippen molar-refractivity contribution in [2.24, 2.45) is 11.8 Å². The molecule has 0 bridgehead atoms. The van der Waals surface area contributed by atoms with Crippen LogP contribution in [0.15, 0.2) is 0 Å². The molecular formula is C11H19IO2. The summed E-state index contributed by atoms with van der Waals surface area (Å²) in [5, 5.41) is 0. The summed E-state index contributed by atoms with van der Waals surface area (Å²) in [6.45, 7) is 5.78. The van der Waals surface area contributed by atoms with Gasteiger partial charge in [-0.2, -0.15) is 0 Å². The largest absolute Gasteiger partial charge is 0.460 e. The van der Waals surface area contributed by atoms with Crippen LogP contribution in [-0.4, -0.2) is 16.0 Å². The number of hydrogen-bond donors (Lipinski definition) is 0. The van der Waals surface area contributed by atoms with E-state index in [1.807, 2.05) is 20.8 Å². The van der Waals surface area contributed by atoms with Gasteiger partial charge in [-0.25, -0.2) is 0 Å². The van der Waals surface area contributed by atoms with Crippen LogP contribution in [0.4, 0.5) is 0 Å². The van der Waals surface area contributed by atoms with E-state index in [4.69, 9.17) is 4.74 Å². The molecule has 2 atom stereocenters. The molecule has 2 nitrogen and oxygen atoms in total. The summed E-state index contributed by atoms with van der Waals surface area (Å²) in [4.78, 5) is 11.7. The predicted molar refractivity (Wildman–Crippen MR) is 65.6 cm³/mol. The SMILES string of the molecule is CC(C)(C)OC(=O)[C@H]1CC[C@H](CI)C1. The maximum atomic E-state index is 11.7. The van der Waals surface area contributed by atoms with Crippen molar-refractivity contribution in [2.75, 3.05) is 4.43 Å². The van der Waals surface area contributed by atoms with Crippen molar-refractivity contribution in [2.45, 2.75) is 45.6 Å². The van der Waals surface area contributed by atoms with Crippen LogP contribution in [-0.2, 0) is 9.53 Å². The number of halogens is 1. The minimum absolute atomic E-state index is 0.00449. The molecule has 0 saturated heterocycles. The van der Waals surface area contributed by atoms with E-state index in [2.05, 4.69) is 22.6 Å². The van der Waals surface area contributed by atoms with Crippen LogP contribution in [0.5, 0.6) is 0 Å². The molecule has 1 rings (SSSR count). The second-order valence-corrected chi connectivity index (χ2v) is 5.94. The lowest BCUT2D eigenvalue weighted by atomic mass is 10.1. The summed E-state index contributed by atoms with van der Waals surface area (Å²) in [5.74, 6) is 0.895. The molecule has 0 spiro atoms. The van der Waals surface area contributed by atoms with Crippen molar-refractivity contribution in [3.8, 4) is 0 Å². The van der Waals surface area contributed by atoms with Crippen LogP contribution in [0, 0.1) is 11.8 Å². The minimum Gasteiger partial charge on any atom is -0.460 e.